The molecule has 1 aromatic rings. The lowest BCUT2D eigenvalue weighted by Crippen LogP contribution is -2.45. The highest BCUT2D eigenvalue weighted by atomic mass is 35.5. The first-order chi connectivity index (χ1) is 9.40. The fourth-order valence-corrected chi connectivity index (χ4v) is 3.43. The summed E-state index contributed by atoms with van der Waals surface area (Å²) in [6, 6.07) is 5.24. The fraction of sp³-hybridized carbons (Fsp3) is 0.467. The summed E-state index contributed by atoms with van der Waals surface area (Å²) in [4.78, 5) is 23.8. The van der Waals surface area contributed by atoms with Crippen LogP contribution in [0, 0.1) is 11.8 Å². The predicted octanol–water partition coefficient (Wildman–Crippen LogP) is 3.79. The van der Waals surface area contributed by atoms with Gasteiger partial charge in [0.25, 0.3) is 0 Å². The molecule has 1 aliphatic heterocycles. The average Bonchev–Trinajstić information content (AvgIpc) is 2.32. The zero-order valence-corrected chi connectivity index (χ0v) is 13.0. The van der Waals surface area contributed by atoms with Gasteiger partial charge in [-0.15, -0.1) is 0 Å². The molecule has 2 unspecified atom stereocenters. The van der Waals surface area contributed by atoms with Crippen LogP contribution in [0.15, 0.2) is 18.2 Å². The summed E-state index contributed by atoms with van der Waals surface area (Å²) in [6.45, 7) is 4.10. The van der Waals surface area contributed by atoms with Crippen LogP contribution in [0.3, 0.4) is 0 Å². The first kappa shape index (κ1) is 15.3. The third kappa shape index (κ3) is 3.15. The highest BCUT2D eigenvalue weighted by Crippen LogP contribution is 2.41. The molecule has 108 valence electrons. The van der Waals surface area contributed by atoms with Crippen LogP contribution in [0.5, 0.6) is 0 Å². The quantitative estimate of drug-likeness (QED) is 0.863. The molecule has 0 radical (unpaired) electrons. The number of carbonyl (C=O) groups excluding carboxylic acids is 2. The van der Waals surface area contributed by atoms with Crippen LogP contribution in [-0.2, 0) is 9.59 Å². The van der Waals surface area contributed by atoms with E-state index in [2.05, 4.69) is 19.2 Å². The van der Waals surface area contributed by atoms with Crippen molar-refractivity contribution in [1.29, 1.82) is 0 Å². The van der Waals surface area contributed by atoms with Gasteiger partial charge in [-0.2, -0.15) is 0 Å². The molecule has 1 aromatic carbocycles. The lowest BCUT2D eigenvalue weighted by molar-refractivity contribution is -0.137. The number of rotatable bonds is 3. The maximum Gasteiger partial charge on any atom is 0.230 e. The molecule has 2 rings (SSSR count). The molecule has 1 aliphatic rings. The molecule has 2 amide bonds. The van der Waals surface area contributed by atoms with E-state index < -0.39 is 0 Å². The van der Waals surface area contributed by atoms with Crippen LogP contribution in [0.4, 0.5) is 0 Å². The zero-order chi connectivity index (χ0) is 14.9. The van der Waals surface area contributed by atoms with Crippen molar-refractivity contribution in [3.63, 3.8) is 0 Å². The van der Waals surface area contributed by atoms with E-state index in [1.807, 2.05) is 0 Å². The molecule has 0 aromatic heterocycles. The van der Waals surface area contributed by atoms with E-state index in [1.54, 1.807) is 18.2 Å². The number of carbonyl (C=O) groups is 2. The molecule has 0 aliphatic carbocycles. The first-order valence-corrected chi connectivity index (χ1v) is 7.43. The highest BCUT2D eigenvalue weighted by molar-refractivity contribution is 6.36. The van der Waals surface area contributed by atoms with Gasteiger partial charge in [0.1, 0.15) is 0 Å². The summed E-state index contributed by atoms with van der Waals surface area (Å²) >= 11 is 12.5. The van der Waals surface area contributed by atoms with Gasteiger partial charge in [-0.1, -0.05) is 43.1 Å². The molecule has 0 bridgehead atoms. The normalized spacial score (nSPS) is 23.1. The molecule has 20 heavy (non-hydrogen) atoms. The number of halogens is 2. The average molecular weight is 314 g/mol. The molecule has 0 saturated carbocycles. The second-order valence-corrected chi connectivity index (χ2v) is 6.41. The Morgan fingerprint density at radius 2 is 1.85 bits per heavy atom. The minimum atomic E-state index is -0.273. The van der Waals surface area contributed by atoms with Gasteiger partial charge in [-0.25, -0.2) is 0 Å². The Balaban J connectivity index is 2.43. The Hall–Kier alpha value is -1.06. The van der Waals surface area contributed by atoms with Crippen molar-refractivity contribution in [2.75, 3.05) is 0 Å². The molecule has 2 atom stereocenters. The first-order valence-electron chi connectivity index (χ1n) is 6.67. The summed E-state index contributed by atoms with van der Waals surface area (Å²) in [5.41, 5.74) is 0.713. The van der Waals surface area contributed by atoms with Gasteiger partial charge >= 0.3 is 0 Å². The van der Waals surface area contributed by atoms with Gasteiger partial charge in [-0.3, -0.25) is 14.9 Å². The Kier molecular flexibility index (Phi) is 4.71. The van der Waals surface area contributed by atoms with E-state index in [4.69, 9.17) is 23.2 Å². The maximum absolute atomic E-state index is 12.1. The van der Waals surface area contributed by atoms with Crippen molar-refractivity contribution >= 4 is 35.0 Å². The topological polar surface area (TPSA) is 46.2 Å². The number of nitrogens with one attached hydrogen (secondary N) is 1. The van der Waals surface area contributed by atoms with Crippen molar-refractivity contribution in [2.24, 2.45) is 11.8 Å². The van der Waals surface area contributed by atoms with Crippen molar-refractivity contribution in [3.05, 3.63) is 33.8 Å². The molecule has 5 heteroatoms. The third-order valence-corrected chi connectivity index (χ3v) is 4.25. The van der Waals surface area contributed by atoms with Crippen LogP contribution in [0.2, 0.25) is 10.0 Å². The summed E-state index contributed by atoms with van der Waals surface area (Å²) in [5.74, 6) is -0.667. The minimum absolute atomic E-state index is 0.226. The lowest BCUT2D eigenvalue weighted by Gasteiger charge is -2.32. The second-order valence-electron chi connectivity index (χ2n) is 5.59. The third-order valence-electron chi connectivity index (χ3n) is 3.59. The molecule has 1 fully saturated rings. The van der Waals surface area contributed by atoms with Crippen LogP contribution in [0.25, 0.3) is 0 Å². The van der Waals surface area contributed by atoms with E-state index >= 15 is 0 Å². The molecular formula is C15H17Cl2NO2. The van der Waals surface area contributed by atoms with Gasteiger partial charge < -0.3 is 0 Å². The number of hydrogen-bond donors (Lipinski definition) is 1. The van der Waals surface area contributed by atoms with Crippen molar-refractivity contribution < 1.29 is 9.59 Å². The number of benzene rings is 1. The van der Waals surface area contributed by atoms with E-state index in [1.165, 1.54) is 0 Å². The standard InChI is InChI=1S/C15H17Cl2NO2/c1-8(2)6-10-9(7-13(19)18-15(10)20)14-11(16)4-3-5-12(14)17/h3-5,8-10H,6-7H2,1-2H3,(H,18,19,20). The highest BCUT2D eigenvalue weighted by Gasteiger charge is 2.38. The van der Waals surface area contributed by atoms with E-state index in [-0.39, 0.29) is 30.1 Å². The Bertz CT molecular complexity index is 522. The summed E-state index contributed by atoms with van der Waals surface area (Å²) in [5, 5.41) is 3.43. The van der Waals surface area contributed by atoms with Gasteiger partial charge in [0.2, 0.25) is 11.8 Å². The summed E-state index contributed by atoms with van der Waals surface area (Å²) in [6.07, 6.45) is 0.942. The van der Waals surface area contributed by atoms with Crippen molar-refractivity contribution in [2.45, 2.75) is 32.6 Å². The minimum Gasteiger partial charge on any atom is -0.296 e. The van der Waals surface area contributed by atoms with E-state index in [0.29, 0.717) is 27.9 Å². The van der Waals surface area contributed by atoms with Gasteiger partial charge in [0.15, 0.2) is 0 Å². The monoisotopic (exact) mass is 313 g/mol. The second kappa shape index (κ2) is 6.15. The zero-order valence-electron chi connectivity index (χ0n) is 11.5. The fourth-order valence-electron chi connectivity index (χ4n) is 2.75. The molecule has 1 saturated heterocycles. The van der Waals surface area contributed by atoms with Gasteiger partial charge in [0.05, 0.1) is 0 Å². The smallest absolute Gasteiger partial charge is 0.230 e. The molecule has 0 spiro atoms. The number of hydrogen-bond acceptors (Lipinski definition) is 2. The predicted molar refractivity (Wildman–Crippen MR) is 79.9 cm³/mol. The summed E-state index contributed by atoms with van der Waals surface area (Å²) in [7, 11) is 0. The van der Waals surface area contributed by atoms with Gasteiger partial charge in [0, 0.05) is 28.3 Å². The Morgan fingerprint density at radius 3 is 2.40 bits per heavy atom. The number of imide groups is 1. The largest absolute Gasteiger partial charge is 0.296 e. The van der Waals surface area contributed by atoms with Crippen molar-refractivity contribution in [1.82, 2.24) is 5.32 Å². The Morgan fingerprint density at radius 1 is 1.25 bits per heavy atom. The molecule has 1 N–H and O–H groups in total. The molecule has 1 heterocycles. The van der Waals surface area contributed by atoms with Crippen LogP contribution in [-0.4, -0.2) is 11.8 Å². The van der Waals surface area contributed by atoms with E-state index in [0.717, 1.165) is 0 Å². The van der Waals surface area contributed by atoms with Crippen LogP contribution >= 0.6 is 23.2 Å². The van der Waals surface area contributed by atoms with Gasteiger partial charge in [-0.05, 0) is 30.0 Å². The molecule has 3 nitrogen and oxygen atoms in total. The lowest BCUT2D eigenvalue weighted by atomic mass is 9.76. The van der Waals surface area contributed by atoms with E-state index in [9.17, 15) is 9.59 Å². The summed E-state index contributed by atoms with van der Waals surface area (Å²) < 4.78 is 0. The Labute approximate surface area is 128 Å². The van der Waals surface area contributed by atoms with Crippen LogP contribution < -0.4 is 5.32 Å². The SMILES string of the molecule is CC(C)CC1C(=O)NC(=O)CC1c1c(Cl)cccc1Cl. The maximum atomic E-state index is 12.1. The molecular weight excluding hydrogens is 297 g/mol. The van der Waals surface area contributed by atoms with Crippen molar-refractivity contribution in [3.8, 4) is 0 Å². The van der Waals surface area contributed by atoms with Crippen LogP contribution in [0.1, 0.15) is 38.2 Å². The number of amides is 2. The number of piperidine rings is 1.